The first-order valence-electron chi connectivity index (χ1n) is 5.71. The summed E-state index contributed by atoms with van der Waals surface area (Å²) in [6.45, 7) is 2.50. The largest absolute Gasteiger partial charge is 0.398 e. The van der Waals surface area contributed by atoms with E-state index in [2.05, 4.69) is 5.38 Å². The predicted molar refractivity (Wildman–Crippen MR) is 75.7 cm³/mol. The van der Waals surface area contributed by atoms with Gasteiger partial charge in [0, 0.05) is 24.8 Å². The zero-order chi connectivity index (χ0) is 13.1. The van der Waals surface area contributed by atoms with E-state index in [1.54, 1.807) is 16.2 Å². The maximum atomic E-state index is 12.3. The van der Waals surface area contributed by atoms with Crippen molar-refractivity contribution >= 4 is 22.9 Å². The molecule has 0 aliphatic rings. The van der Waals surface area contributed by atoms with E-state index in [-0.39, 0.29) is 5.91 Å². The van der Waals surface area contributed by atoms with Gasteiger partial charge in [0.05, 0.1) is 0 Å². The number of hydrogen-bond acceptors (Lipinski definition) is 3. The number of nitrogen functional groups attached to an aromatic ring is 1. The quantitative estimate of drug-likeness (QED) is 0.862. The van der Waals surface area contributed by atoms with Gasteiger partial charge in [0.1, 0.15) is 0 Å². The highest BCUT2D eigenvalue weighted by molar-refractivity contribution is 7.07. The van der Waals surface area contributed by atoms with Crippen LogP contribution in [0.5, 0.6) is 0 Å². The van der Waals surface area contributed by atoms with Crippen LogP contribution in [0.25, 0.3) is 0 Å². The second-order valence-corrected chi connectivity index (χ2v) is 5.09. The number of amides is 1. The Balaban J connectivity index is 2.18. The molecule has 3 nitrogen and oxygen atoms in total. The van der Waals surface area contributed by atoms with Crippen molar-refractivity contribution in [1.29, 1.82) is 0 Å². The lowest BCUT2D eigenvalue weighted by atomic mass is 10.1. The highest BCUT2D eigenvalue weighted by Crippen LogP contribution is 2.18. The first-order valence-corrected chi connectivity index (χ1v) is 6.65. The number of hydrogen-bond donors (Lipinski definition) is 1. The molecule has 0 atom stereocenters. The molecule has 2 N–H and O–H groups in total. The predicted octanol–water partition coefficient (Wildman–Crippen LogP) is 2.91. The molecule has 0 unspecified atom stereocenters. The van der Waals surface area contributed by atoms with Gasteiger partial charge in [-0.15, -0.1) is 0 Å². The molecule has 0 saturated carbocycles. The summed E-state index contributed by atoms with van der Waals surface area (Å²) >= 11 is 1.64. The Morgan fingerprint density at radius 1 is 1.39 bits per heavy atom. The molecule has 2 rings (SSSR count). The average molecular weight is 260 g/mol. The summed E-state index contributed by atoms with van der Waals surface area (Å²) in [5.74, 6) is 0.00556. The Bertz CT molecular complexity index is 549. The fourth-order valence-electron chi connectivity index (χ4n) is 1.82. The molecular weight excluding hydrogens is 244 g/mol. The summed E-state index contributed by atoms with van der Waals surface area (Å²) in [5, 5.41) is 4.06. The summed E-state index contributed by atoms with van der Waals surface area (Å²) in [6, 6.07) is 7.47. The van der Waals surface area contributed by atoms with E-state index in [9.17, 15) is 4.79 Å². The second-order valence-electron chi connectivity index (χ2n) is 4.31. The van der Waals surface area contributed by atoms with Crippen molar-refractivity contribution in [1.82, 2.24) is 4.90 Å². The highest BCUT2D eigenvalue weighted by Gasteiger charge is 2.15. The molecule has 0 aliphatic carbocycles. The monoisotopic (exact) mass is 260 g/mol. The van der Waals surface area contributed by atoms with Gasteiger partial charge in [-0.3, -0.25) is 4.79 Å². The molecule has 1 aromatic carbocycles. The molecule has 0 aliphatic heterocycles. The van der Waals surface area contributed by atoms with Gasteiger partial charge >= 0.3 is 0 Å². The van der Waals surface area contributed by atoms with Crippen molar-refractivity contribution in [2.24, 2.45) is 0 Å². The Morgan fingerprint density at radius 2 is 2.17 bits per heavy atom. The second kappa shape index (κ2) is 5.23. The third-order valence-electron chi connectivity index (χ3n) is 2.95. The number of nitrogens with two attached hydrogens (primary N) is 1. The SMILES string of the molecule is Cc1c(N)cccc1C(=O)N(C)Cc1ccsc1. The summed E-state index contributed by atoms with van der Waals surface area (Å²) < 4.78 is 0. The molecule has 0 fully saturated rings. The van der Waals surface area contributed by atoms with E-state index < -0.39 is 0 Å². The number of thiophene rings is 1. The lowest BCUT2D eigenvalue weighted by Gasteiger charge is -2.18. The molecule has 2 aromatic rings. The van der Waals surface area contributed by atoms with Crippen LogP contribution < -0.4 is 5.73 Å². The zero-order valence-electron chi connectivity index (χ0n) is 10.5. The molecule has 1 heterocycles. The van der Waals surface area contributed by atoms with Crippen LogP contribution >= 0.6 is 11.3 Å². The molecule has 94 valence electrons. The van der Waals surface area contributed by atoms with Gasteiger partial charge in [0.15, 0.2) is 0 Å². The van der Waals surface area contributed by atoms with Crippen molar-refractivity contribution < 1.29 is 4.79 Å². The first-order chi connectivity index (χ1) is 8.59. The minimum Gasteiger partial charge on any atom is -0.398 e. The van der Waals surface area contributed by atoms with Crippen LogP contribution in [-0.4, -0.2) is 17.9 Å². The van der Waals surface area contributed by atoms with E-state index in [1.165, 1.54) is 0 Å². The summed E-state index contributed by atoms with van der Waals surface area (Å²) in [7, 11) is 1.81. The van der Waals surface area contributed by atoms with E-state index >= 15 is 0 Å². The van der Waals surface area contributed by atoms with Gasteiger partial charge in [-0.2, -0.15) is 11.3 Å². The Hall–Kier alpha value is -1.81. The van der Waals surface area contributed by atoms with Crippen LogP contribution in [0.1, 0.15) is 21.5 Å². The number of benzene rings is 1. The van der Waals surface area contributed by atoms with Crippen LogP contribution in [0.15, 0.2) is 35.0 Å². The summed E-state index contributed by atoms with van der Waals surface area (Å²) in [6.07, 6.45) is 0. The normalized spacial score (nSPS) is 10.3. The van der Waals surface area contributed by atoms with Crippen molar-refractivity contribution in [2.45, 2.75) is 13.5 Å². The third-order valence-corrected chi connectivity index (χ3v) is 3.68. The van der Waals surface area contributed by atoms with Gasteiger partial charge in [0.25, 0.3) is 5.91 Å². The molecule has 0 bridgehead atoms. The molecule has 1 amide bonds. The lowest BCUT2D eigenvalue weighted by molar-refractivity contribution is 0.0784. The van der Waals surface area contributed by atoms with Crippen LogP contribution in [0.3, 0.4) is 0 Å². The van der Waals surface area contributed by atoms with Gasteiger partial charge in [-0.25, -0.2) is 0 Å². The van der Waals surface area contributed by atoms with Crippen LogP contribution in [0.4, 0.5) is 5.69 Å². The number of nitrogens with zero attached hydrogens (tertiary/aromatic N) is 1. The third kappa shape index (κ3) is 2.54. The Morgan fingerprint density at radius 3 is 2.83 bits per heavy atom. The topological polar surface area (TPSA) is 46.3 Å². The molecule has 18 heavy (non-hydrogen) atoms. The molecule has 1 aromatic heterocycles. The maximum Gasteiger partial charge on any atom is 0.254 e. The van der Waals surface area contributed by atoms with Gasteiger partial charge in [-0.05, 0) is 47.0 Å². The number of carbonyl (C=O) groups is 1. The summed E-state index contributed by atoms with van der Waals surface area (Å²) in [4.78, 5) is 14.0. The molecule has 4 heteroatoms. The molecule has 0 spiro atoms. The van der Waals surface area contributed by atoms with Gasteiger partial charge in [0.2, 0.25) is 0 Å². The lowest BCUT2D eigenvalue weighted by Crippen LogP contribution is -2.26. The van der Waals surface area contributed by atoms with Gasteiger partial charge < -0.3 is 10.6 Å². The minimum atomic E-state index is 0.00556. The zero-order valence-corrected chi connectivity index (χ0v) is 11.3. The van der Waals surface area contributed by atoms with Crippen molar-refractivity contribution in [3.8, 4) is 0 Å². The van der Waals surface area contributed by atoms with E-state index in [0.29, 0.717) is 17.8 Å². The Kier molecular flexibility index (Phi) is 3.67. The van der Waals surface area contributed by atoms with E-state index in [4.69, 9.17) is 5.73 Å². The smallest absolute Gasteiger partial charge is 0.254 e. The van der Waals surface area contributed by atoms with Crippen molar-refractivity contribution in [3.05, 3.63) is 51.7 Å². The van der Waals surface area contributed by atoms with E-state index in [0.717, 1.165) is 11.1 Å². The number of rotatable bonds is 3. The number of carbonyl (C=O) groups excluding carboxylic acids is 1. The molecule has 0 radical (unpaired) electrons. The van der Waals surface area contributed by atoms with Gasteiger partial charge in [-0.1, -0.05) is 6.07 Å². The van der Waals surface area contributed by atoms with Crippen molar-refractivity contribution in [2.75, 3.05) is 12.8 Å². The van der Waals surface area contributed by atoms with E-state index in [1.807, 2.05) is 43.6 Å². The maximum absolute atomic E-state index is 12.3. The first kappa shape index (κ1) is 12.6. The van der Waals surface area contributed by atoms with Crippen LogP contribution in [0, 0.1) is 6.92 Å². The van der Waals surface area contributed by atoms with Crippen LogP contribution in [0.2, 0.25) is 0 Å². The summed E-state index contributed by atoms with van der Waals surface area (Å²) in [5.41, 5.74) is 9.15. The van der Waals surface area contributed by atoms with Crippen molar-refractivity contribution in [3.63, 3.8) is 0 Å². The standard InChI is InChI=1S/C14H16N2OS/c1-10-12(4-3-5-13(10)15)14(17)16(2)8-11-6-7-18-9-11/h3-7,9H,8,15H2,1-2H3. The highest BCUT2D eigenvalue weighted by atomic mass is 32.1. The molecular formula is C14H16N2OS. The average Bonchev–Trinajstić information content (AvgIpc) is 2.84. The Labute approximate surface area is 111 Å². The fourth-order valence-corrected chi connectivity index (χ4v) is 2.48. The minimum absolute atomic E-state index is 0.00556. The molecule has 0 saturated heterocycles. The number of anilines is 1. The van der Waals surface area contributed by atoms with Crippen LogP contribution in [-0.2, 0) is 6.54 Å². The fraction of sp³-hybridized carbons (Fsp3) is 0.214.